The lowest BCUT2D eigenvalue weighted by Crippen LogP contribution is -2.57. The second-order valence-electron chi connectivity index (χ2n) is 16.3. The van der Waals surface area contributed by atoms with Crippen LogP contribution in [0.3, 0.4) is 0 Å². The summed E-state index contributed by atoms with van der Waals surface area (Å²) in [6.45, 7) is 9.06. The number of H-pyrrole nitrogens is 1. The van der Waals surface area contributed by atoms with Crippen LogP contribution in [0.25, 0.3) is 33.1 Å². The molecule has 13 nitrogen and oxygen atoms in total. The van der Waals surface area contributed by atoms with E-state index in [9.17, 15) is 4.79 Å². The molecular weight excluding hydrogens is 715 g/mol. The number of aromatic amines is 1. The summed E-state index contributed by atoms with van der Waals surface area (Å²) in [5.41, 5.74) is 1.05. The summed E-state index contributed by atoms with van der Waals surface area (Å²) in [5, 5.41) is 11.3. The number of benzene rings is 1. The number of anilines is 1. The predicted octanol–water partition coefficient (Wildman–Crippen LogP) is 6.73. The zero-order chi connectivity index (χ0) is 37.4. The first-order valence-corrected chi connectivity index (χ1v) is 19.8. The van der Waals surface area contributed by atoms with Crippen molar-refractivity contribution >= 4 is 45.3 Å². The monoisotopic (exact) mass is 762 g/mol. The number of fused-ring (bicyclic) bond motifs is 3. The number of carbonyl (C=O) groups is 1. The number of nitrogens with one attached hydrogen (secondary N) is 2. The van der Waals surface area contributed by atoms with Crippen LogP contribution in [0.15, 0.2) is 12.3 Å². The predicted molar refractivity (Wildman–Crippen MR) is 202 cm³/mol. The Hall–Kier alpha value is -4.01. The van der Waals surface area contributed by atoms with Crippen LogP contribution in [0.4, 0.5) is 15.0 Å². The Morgan fingerprint density at radius 1 is 1.09 bits per heavy atom. The quantitative estimate of drug-likeness (QED) is 0.207. The van der Waals surface area contributed by atoms with Gasteiger partial charge < -0.3 is 29.2 Å². The standard InChI is InChI=1S/C39H48ClFN8O5/c1-21-14-26-25(17-43-47-26)28(30(21)40)32-31(41)33-29(35(44-32)51-4)34(48-12-7-11-39(19-48)18-42-37(50)54-39)46-36(45-33)52-20-38-9-5-8-27(38)49(13-6-10-38)24-15-22(2)53-23(3)16-24/h14,17,22-24,27H,5-13,15-16,18-20H2,1-4H3,(H,42,50)(H,43,47). The Labute approximate surface area is 318 Å². The van der Waals surface area contributed by atoms with E-state index < -0.39 is 17.5 Å². The second-order valence-corrected chi connectivity index (χ2v) is 16.7. The number of pyridine rings is 1. The number of likely N-dealkylation sites (tertiary alicyclic amines) is 1. The maximum absolute atomic E-state index is 17.4. The van der Waals surface area contributed by atoms with Gasteiger partial charge in [0.05, 0.1) is 55.8 Å². The number of carbonyl (C=O) groups excluding carboxylic acids is 1. The van der Waals surface area contributed by atoms with Gasteiger partial charge in [0.25, 0.3) is 0 Å². The second kappa shape index (κ2) is 13.6. The minimum Gasteiger partial charge on any atom is -0.480 e. The van der Waals surface area contributed by atoms with E-state index in [4.69, 9.17) is 45.5 Å². The molecule has 4 aromatic rings. The summed E-state index contributed by atoms with van der Waals surface area (Å²) in [6.07, 6.45) is 10.6. The van der Waals surface area contributed by atoms with Gasteiger partial charge in [0.2, 0.25) is 5.88 Å². The first kappa shape index (κ1) is 35.7. The van der Waals surface area contributed by atoms with Crippen molar-refractivity contribution in [3.05, 3.63) is 28.7 Å². The molecule has 2 N–H and O–H groups in total. The summed E-state index contributed by atoms with van der Waals surface area (Å²) in [7, 11) is 1.50. The molecule has 1 amide bonds. The van der Waals surface area contributed by atoms with E-state index in [1.165, 1.54) is 7.11 Å². The summed E-state index contributed by atoms with van der Waals surface area (Å²) >= 11 is 6.90. The molecule has 3 aromatic heterocycles. The summed E-state index contributed by atoms with van der Waals surface area (Å²) in [6, 6.07) is 2.82. The van der Waals surface area contributed by atoms with Crippen molar-refractivity contribution in [3.8, 4) is 23.1 Å². The van der Waals surface area contributed by atoms with Crippen LogP contribution < -0.4 is 19.7 Å². The normalized spacial score (nSPS) is 30.2. The average Bonchev–Trinajstić information content (AvgIpc) is 3.90. The molecule has 5 atom stereocenters. The van der Waals surface area contributed by atoms with Crippen molar-refractivity contribution < 1.29 is 28.1 Å². The van der Waals surface area contributed by atoms with E-state index in [2.05, 4.69) is 34.3 Å². The fraction of sp³-hybridized carbons (Fsp3) is 0.615. The number of methoxy groups -OCH3 is 1. The number of aromatic nitrogens is 5. The maximum atomic E-state index is 17.4. The van der Waals surface area contributed by atoms with Gasteiger partial charge in [0.15, 0.2) is 5.82 Å². The number of rotatable bonds is 7. The molecule has 5 fully saturated rings. The highest BCUT2D eigenvalue weighted by Crippen LogP contribution is 2.50. The highest BCUT2D eigenvalue weighted by molar-refractivity contribution is 6.35. The van der Waals surface area contributed by atoms with E-state index in [0.717, 1.165) is 63.5 Å². The number of nitrogens with zero attached hydrogens (tertiary/aromatic N) is 6. The van der Waals surface area contributed by atoms with Gasteiger partial charge in [0, 0.05) is 35.0 Å². The van der Waals surface area contributed by atoms with Crippen LogP contribution in [0.5, 0.6) is 11.9 Å². The first-order valence-electron chi connectivity index (χ1n) is 19.4. The lowest BCUT2D eigenvalue weighted by molar-refractivity contribution is -0.0967. The van der Waals surface area contributed by atoms with E-state index in [0.29, 0.717) is 77.4 Å². The molecule has 7 heterocycles. The van der Waals surface area contributed by atoms with Crippen LogP contribution in [-0.4, -0.2) is 106 Å². The highest BCUT2D eigenvalue weighted by atomic mass is 35.5. The van der Waals surface area contributed by atoms with Crippen LogP contribution in [0, 0.1) is 18.2 Å². The molecule has 54 heavy (non-hydrogen) atoms. The molecule has 9 rings (SSSR count). The molecule has 4 aliphatic heterocycles. The third-order valence-electron chi connectivity index (χ3n) is 12.7. The summed E-state index contributed by atoms with van der Waals surface area (Å²) in [5.74, 6) is -0.0966. The number of halogens is 2. The number of ether oxygens (including phenoxy) is 4. The summed E-state index contributed by atoms with van der Waals surface area (Å²) in [4.78, 5) is 31.6. The molecule has 0 radical (unpaired) electrons. The molecule has 0 bridgehead atoms. The van der Waals surface area contributed by atoms with Crippen molar-refractivity contribution in [3.63, 3.8) is 0 Å². The van der Waals surface area contributed by atoms with Crippen molar-refractivity contribution in [1.82, 2.24) is 35.4 Å². The van der Waals surface area contributed by atoms with Crippen LogP contribution in [0.2, 0.25) is 5.02 Å². The third-order valence-corrected chi connectivity index (χ3v) is 13.2. The molecule has 1 spiro atoms. The van der Waals surface area contributed by atoms with Gasteiger partial charge in [-0.1, -0.05) is 18.0 Å². The molecule has 5 aliphatic rings. The number of amides is 1. The molecule has 1 aliphatic carbocycles. The van der Waals surface area contributed by atoms with E-state index in [1.807, 2.05) is 17.9 Å². The van der Waals surface area contributed by atoms with Gasteiger partial charge in [-0.2, -0.15) is 15.1 Å². The van der Waals surface area contributed by atoms with Gasteiger partial charge in [-0.15, -0.1) is 0 Å². The van der Waals surface area contributed by atoms with Crippen molar-refractivity contribution in [2.24, 2.45) is 5.41 Å². The van der Waals surface area contributed by atoms with Gasteiger partial charge in [-0.25, -0.2) is 14.2 Å². The Morgan fingerprint density at radius 3 is 2.67 bits per heavy atom. The van der Waals surface area contributed by atoms with E-state index in [-0.39, 0.29) is 40.7 Å². The fourth-order valence-electron chi connectivity index (χ4n) is 10.4. The van der Waals surface area contributed by atoms with Crippen LogP contribution >= 0.6 is 11.6 Å². The molecule has 5 unspecified atom stereocenters. The van der Waals surface area contributed by atoms with Gasteiger partial charge in [-0.3, -0.25) is 10.00 Å². The molecule has 1 saturated carbocycles. The average molecular weight is 763 g/mol. The van der Waals surface area contributed by atoms with Gasteiger partial charge in [0.1, 0.15) is 28.0 Å². The maximum Gasteiger partial charge on any atom is 0.407 e. The van der Waals surface area contributed by atoms with Crippen LogP contribution in [-0.2, 0) is 9.47 Å². The zero-order valence-electron chi connectivity index (χ0n) is 31.3. The lowest BCUT2D eigenvalue weighted by atomic mass is 9.74. The smallest absolute Gasteiger partial charge is 0.407 e. The molecular formula is C39H48ClFN8O5. The van der Waals surface area contributed by atoms with E-state index >= 15 is 4.39 Å². The number of piperidine rings is 2. The highest BCUT2D eigenvalue weighted by Gasteiger charge is 2.51. The minimum atomic E-state index is -0.741. The Morgan fingerprint density at radius 2 is 1.89 bits per heavy atom. The molecule has 288 valence electrons. The lowest BCUT2D eigenvalue weighted by Gasteiger charge is -2.51. The molecule has 4 saturated heterocycles. The SMILES string of the molecule is COc1nc(-c2c(Cl)c(C)cc3[nH]ncc23)c(F)c2nc(OCC34CCCC3N(C3CC(C)OC(C)C3)CCC4)nc(N3CCCC4(CNC(=O)O4)C3)c12. The van der Waals surface area contributed by atoms with E-state index in [1.54, 1.807) is 6.20 Å². The largest absolute Gasteiger partial charge is 0.480 e. The Bertz CT molecular complexity index is 2110. The summed E-state index contributed by atoms with van der Waals surface area (Å²) < 4.78 is 41.9. The number of aryl methyl sites for hydroxylation is 1. The van der Waals surface area contributed by atoms with Crippen molar-refractivity contribution in [2.75, 3.05) is 44.8 Å². The molecule has 1 aromatic carbocycles. The Balaban J connectivity index is 1.14. The number of hydrogen-bond acceptors (Lipinski definition) is 11. The topological polar surface area (TPSA) is 140 Å². The Kier molecular flexibility index (Phi) is 9.00. The first-order chi connectivity index (χ1) is 26.1. The van der Waals surface area contributed by atoms with Crippen LogP contribution in [0.1, 0.15) is 77.2 Å². The number of hydrogen-bond donors (Lipinski definition) is 2. The van der Waals surface area contributed by atoms with Gasteiger partial charge in [-0.05, 0) is 90.3 Å². The van der Waals surface area contributed by atoms with Crippen molar-refractivity contribution in [2.45, 2.75) is 108 Å². The minimum absolute atomic E-state index is 0.00335. The number of alkyl carbamates (subject to hydrolysis) is 1. The van der Waals surface area contributed by atoms with Gasteiger partial charge >= 0.3 is 12.1 Å². The van der Waals surface area contributed by atoms with Crippen molar-refractivity contribution in [1.29, 1.82) is 0 Å². The molecule has 15 heteroatoms. The third kappa shape index (κ3) is 5.99. The fourth-order valence-corrected chi connectivity index (χ4v) is 10.6. The zero-order valence-corrected chi connectivity index (χ0v) is 32.1.